The Labute approximate surface area is 857 Å². The lowest BCUT2D eigenvalue weighted by Gasteiger charge is -2.23. The number of aromatic nitrogens is 12. The molecule has 6 fully saturated rings. The molecule has 0 radical (unpaired) electrons. The molecule has 0 N–H and O–H groups in total. The molecule has 18 rings (SSSR count). The molecule has 0 aromatic carbocycles. The zero-order valence-corrected chi connectivity index (χ0v) is 87.0. The Balaban J connectivity index is 0.000000144. The molecule has 6 saturated heterocycles. The summed E-state index contributed by atoms with van der Waals surface area (Å²) in [6.45, 7) is 27.5. The predicted molar refractivity (Wildman–Crippen MR) is 556 cm³/mol. The molecule has 0 saturated carbocycles. The van der Waals surface area contributed by atoms with Crippen LogP contribution in [0.5, 0.6) is 34.5 Å². The molecule has 18 heterocycles. The number of Topliss-reactive ketones (excluding diaryl/α,β-unsaturated/α-hetero) is 6. The molecule has 12 aromatic rings. The first-order chi connectivity index (χ1) is 69.3. The van der Waals surface area contributed by atoms with Crippen LogP contribution in [0.25, 0.3) is 0 Å². The smallest absolute Gasteiger partial charge is 0.188 e. The first kappa shape index (κ1) is 109. The number of ketones is 6. The average molecular weight is 2040 g/mol. The Morgan fingerprint density at radius 3 is 0.958 bits per heavy atom. The topological polar surface area (TPSA) is 359 Å². The molecule has 6 aliphatic heterocycles. The third-order valence-electron chi connectivity index (χ3n) is 22.8. The summed E-state index contributed by atoms with van der Waals surface area (Å²) in [6.07, 6.45) is 16.0. The van der Waals surface area contributed by atoms with Crippen LogP contribution in [0.1, 0.15) is 204 Å². The number of thiazole rings is 2. The number of pyridine rings is 10. The molecule has 0 bridgehead atoms. The van der Waals surface area contributed by atoms with Gasteiger partial charge in [0.2, 0.25) is 0 Å². The van der Waals surface area contributed by atoms with E-state index in [4.69, 9.17) is 52.1 Å². The molecule has 143 heavy (non-hydrogen) atoms. The predicted octanol–water partition coefficient (Wildman–Crippen LogP) is 18.8. The fourth-order valence-electron chi connectivity index (χ4n) is 15.6. The van der Waals surface area contributed by atoms with Crippen molar-refractivity contribution in [3.8, 4) is 34.5 Å². The number of ether oxygens (including phenoxy) is 11. The van der Waals surface area contributed by atoms with Gasteiger partial charge in [-0.15, -0.1) is 22.7 Å². The zero-order chi connectivity index (χ0) is 101. The third kappa shape index (κ3) is 38.2. The lowest BCUT2D eigenvalue weighted by molar-refractivity contribution is -0.101. The molecule has 0 aliphatic carbocycles. The normalized spacial score (nSPS) is 17.0. The summed E-state index contributed by atoms with van der Waals surface area (Å²) >= 11 is 8.89. The van der Waals surface area contributed by atoms with E-state index in [9.17, 15) is 28.8 Å². The van der Waals surface area contributed by atoms with Crippen LogP contribution in [0.3, 0.4) is 0 Å². The SMILES string of the molecule is Cc1cc(OCC2CCCS2)cc(C(=O)Cc2ccccn2)n1.Cc1cc(OCC2CCCS2)cc(C(=O)Cc2nc(C)cs2)n1.Cc1cc(OCC2CCOCC2)cc(C(=O)Cc2ccccn2)n1.Cc1cc(OCC2COCCO2)cc(C(=O)Cc2nc(C)cs2)n1.Cc1ccc(CC(=O)c2cc(OCC3CCCS3)cc(C)n2)nc1.Cc1cccc(CC(=O)c2cc(OCC3COCCO3)cc(C)n2)n1. The van der Waals surface area contributed by atoms with Crippen LogP contribution >= 0.6 is 58.0 Å². The summed E-state index contributed by atoms with van der Waals surface area (Å²) in [5.74, 6) is 8.05. The van der Waals surface area contributed by atoms with Gasteiger partial charge in [0.15, 0.2) is 34.7 Å². The molecule has 5 atom stereocenters. The summed E-state index contributed by atoms with van der Waals surface area (Å²) in [5, 5.41) is 7.23. The summed E-state index contributed by atoms with van der Waals surface area (Å²) in [4.78, 5) is 127. The van der Waals surface area contributed by atoms with Gasteiger partial charge in [0.05, 0.1) is 84.8 Å². The largest absolute Gasteiger partial charge is 0.493 e. The standard InChI is InChI=1S/C19H22N2O4.C19H22N2O3.C19H22N2O2S.C18H20N2O2S.C17H20N2O4S.C17H20N2O2S2/c1-13-4-3-5-15(20-13)9-19(22)18-10-16(8-14(2)21-18)25-12-17-11-23-6-7-24-17;1-14-10-17(24-13-15-5-8-23-9-6-15)12-18(21-14)19(22)11-16-4-2-3-7-20-16;1-13-5-6-15(20-11-13)9-19(22)18-10-16(8-14(2)21-18)23-12-17-4-3-7-24-17;1-13-9-15(22-12-16-6-4-8-23-16)11-17(20-13)18(21)10-14-5-2-3-7-19-14;1-11-5-13(23-9-14-8-21-3-4-22-14)6-15(18-11)16(20)7-17-19-12(2)10-24-17;1-11-6-13(21-9-14-4-3-5-22-14)7-15(18-11)16(20)8-17-19-12(2)10-23-17/h3-5,8,10,17H,6-7,9,11-12H2,1-2H3;2-4,7,10,12,15H,5-6,8-9,11,13H2,1H3;5-6,8,10-11,17H,3-4,7,9,12H2,1-2H3;2-3,5,7,9,11,16H,4,6,8,10,12H2,1H3;5-6,10,14H,3-4,7-9H2,1-2H3;6-7,10,14H,3-5,8-9H2,1-2H3. The first-order valence-electron chi connectivity index (χ1n) is 48.5. The number of thioether (sulfide) groups is 3. The van der Waals surface area contributed by atoms with Crippen molar-refractivity contribution >= 4 is 92.7 Å². The van der Waals surface area contributed by atoms with Gasteiger partial charge >= 0.3 is 0 Å². The van der Waals surface area contributed by atoms with Crippen molar-refractivity contribution in [3.63, 3.8) is 0 Å². The maximum absolute atomic E-state index is 12.5. The zero-order valence-electron chi connectivity index (χ0n) is 82.9. The highest BCUT2D eigenvalue weighted by molar-refractivity contribution is 8.00. The van der Waals surface area contributed by atoms with Crippen molar-refractivity contribution in [2.75, 3.05) is 110 Å². The summed E-state index contributed by atoms with van der Waals surface area (Å²) in [6, 6.07) is 42.1. The van der Waals surface area contributed by atoms with Crippen molar-refractivity contribution in [2.45, 2.75) is 187 Å². The summed E-state index contributed by atoms with van der Waals surface area (Å²) in [5.41, 5.74) is 14.1. The van der Waals surface area contributed by atoms with Gasteiger partial charge < -0.3 is 52.1 Å². The maximum atomic E-state index is 12.5. The quantitative estimate of drug-likeness (QED) is 0.0329. The number of carbonyl (C=O) groups is 6. The van der Waals surface area contributed by atoms with Crippen LogP contribution in [0.15, 0.2) is 169 Å². The lowest BCUT2D eigenvalue weighted by atomic mass is 10.0. The number of nitrogens with zero attached hydrogens (tertiary/aromatic N) is 12. The van der Waals surface area contributed by atoms with Crippen molar-refractivity contribution in [1.82, 2.24) is 59.8 Å². The first-order valence-corrected chi connectivity index (χ1v) is 53.4. The van der Waals surface area contributed by atoms with Gasteiger partial charge in [-0.25, -0.2) is 39.9 Å². The minimum atomic E-state index is -0.0853. The molecule has 12 aromatic heterocycles. The van der Waals surface area contributed by atoms with E-state index in [1.165, 1.54) is 78.5 Å². The number of hydrogen-bond donors (Lipinski definition) is 0. The number of hydrogen-bond acceptors (Lipinski definition) is 34. The average Bonchev–Trinajstić information content (AvgIpc) is 1.08. The number of aryl methyl sites for hydroxylation is 10. The molecule has 754 valence electrons. The van der Waals surface area contributed by atoms with Gasteiger partial charge in [0, 0.05) is 205 Å². The fourth-order valence-corrected chi connectivity index (χ4v) is 20.6. The Bertz CT molecular complexity index is 6110. The van der Waals surface area contributed by atoms with E-state index in [0.29, 0.717) is 159 Å². The monoisotopic (exact) mass is 2030 g/mol. The number of carbonyl (C=O) groups excluding carboxylic acids is 6. The van der Waals surface area contributed by atoms with Gasteiger partial charge in [-0.05, 0) is 192 Å². The van der Waals surface area contributed by atoms with Crippen molar-refractivity contribution < 1.29 is 80.9 Å². The van der Waals surface area contributed by atoms with Crippen LogP contribution in [0.4, 0.5) is 0 Å². The minimum Gasteiger partial charge on any atom is -0.493 e. The Morgan fingerprint density at radius 2 is 0.650 bits per heavy atom. The van der Waals surface area contributed by atoms with Crippen LogP contribution in [0, 0.1) is 75.2 Å². The second kappa shape index (κ2) is 57.2. The molecular weight excluding hydrogens is 1910 g/mol. The summed E-state index contributed by atoms with van der Waals surface area (Å²) < 4.78 is 62.3. The second-order valence-corrected chi connectivity index (χ2v) is 41.7. The van der Waals surface area contributed by atoms with Crippen LogP contribution in [-0.2, 0) is 62.2 Å². The molecular formula is C109H126N12O17S5. The Morgan fingerprint density at radius 1 is 0.308 bits per heavy atom. The van der Waals surface area contributed by atoms with Crippen LogP contribution in [0.2, 0.25) is 0 Å². The van der Waals surface area contributed by atoms with Crippen LogP contribution < -0.4 is 28.4 Å². The van der Waals surface area contributed by atoms with Gasteiger partial charge in [-0.2, -0.15) is 35.3 Å². The Kier molecular flexibility index (Phi) is 43.5. The van der Waals surface area contributed by atoms with Crippen molar-refractivity contribution in [3.05, 3.63) is 293 Å². The van der Waals surface area contributed by atoms with E-state index in [-0.39, 0.29) is 79.0 Å². The lowest BCUT2D eigenvalue weighted by Crippen LogP contribution is -2.33. The minimum absolute atomic E-state index is 0.0110. The van der Waals surface area contributed by atoms with E-state index in [1.807, 2.05) is 218 Å². The molecule has 29 nitrogen and oxygen atoms in total. The van der Waals surface area contributed by atoms with Crippen molar-refractivity contribution in [2.24, 2.45) is 5.92 Å². The van der Waals surface area contributed by atoms with E-state index >= 15 is 0 Å². The third-order valence-corrected chi connectivity index (χ3v) is 28.9. The summed E-state index contributed by atoms with van der Waals surface area (Å²) in [7, 11) is 0. The maximum Gasteiger partial charge on any atom is 0.188 e. The highest BCUT2D eigenvalue weighted by Gasteiger charge is 2.26. The van der Waals surface area contributed by atoms with Gasteiger partial charge in [0.1, 0.15) is 124 Å². The van der Waals surface area contributed by atoms with Gasteiger partial charge in [-0.1, -0.05) is 24.3 Å². The van der Waals surface area contributed by atoms with E-state index in [1.54, 1.807) is 55.0 Å². The second-order valence-electron chi connectivity index (χ2n) is 35.5. The Hall–Kier alpha value is -11.6. The van der Waals surface area contributed by atoms with E-state index in [0.717, 1.165) is 133 Å². The van der Waals surface area contributed by atoms with Crippen LogP contribution in [-0.4, -0.2) is 232 Å². The van der Waals surface area contributed by atoms with Crippen molar-refractivity contribution in [1.29, 1.82) is 0 Å². The highest BCUT2D eigenvalue weighted by Crippen LogP contribution is 2.32. The van der Waals surface area contributed by atoms with Gasteiger partial charge in [-0.3, -0.25) is 48.7 Å². The molecule has 0 amide bonds. The molecule has 6 aliphatic rings. The molecule has 5 unspecified atom stereocenters. The molecule has 34 heteroatoms. The van der Waals surface area contributed by atoms with E-state index in [2.05, 4.69) is 59.8 Å². The van der Waals surface area contributed by atoms with E-state index < -0.39 is 0 Å². The number of rotatable bonds is 36. The highest BCUT2D eigenvalue weighted by atomic mass is 32.2. The fraction of sp³-hybridized carbons (Fsp3) is 0.431. The van der Waals surface area contributed by atoms with Gasteiger partial charge in [0.25, 0.3) is 0 Å². The molecule has 0 spiro atoms.